The van der Waals surface area contributed by atoms with Crippen LogP contribution in [0.25, 0.3) is 0 Å². The Hall–Kier alpha value is -1.00. The number of hydrogen-bond acceptors (Lipinski definition) is 4. The first kappa shape index (κ1) is 8.59. The fourth-order valence-electron chi connectivity index (χ4n) is 1.63. The molecule has 1 saturated heterocycles. The van der Waals surface area contributed by atoms with Gasteiger partial charge in [-0.3, -0.25) is 14.7 Å². The quantitative estimate of drug-likeness (QED) is 0.586. The Labute approximate surface area is 77.3 Å². The van der Waals surface area contributed by atoms with Crippen LogP contribution in [0.1, 0.15) is 0 Å². The molecule has 70 valence electrons. The lowest BCUT2D eigenvalue weighted by Crippen LogP contribution is -2.50. The number of dihydropyridines is 1. The van der Waals surface area contributed by atoms with Crippen molar-refractivity contribution in [2.24, 2.45) is 4.99 Å². The lowest BCUT2D eigenvalue weighted by Gasteiger charge is -2.31. The molecule has 0 radical (unpaired) electrons. The van der Waals surface area contributed by atoms with Gasteiger partial charge in [-0.2, -0.15) is 0 Å². The van der Waals surface area contributed by atoms with Crippen LogP contribution in [-0.2, 0) is 4.79 Å². The molecule has 0 aromatic carbocycles. The minimum atomic E-state index is -0.257. The van der Waals surface area contributed by atoms with Crippen LogP contribution in [-0.4, -0.2) is 49.2 Å². The molecule has 2 rings (SSSR count). The van der Waals surface area contributed by atoms with Crippen molar-refractivity contribution >= 4 is 12.0 Å². The summed E-state index contributed by atoms with van der Waals surface area (Å²) in [6.07, 6.45) is 4.74. The highest BCUT2D eigenvalue weighted by Gasteiger charge is 2.24. The van der Waals surface area contributed by atoms with E-state index in [9.17, 15) is 4.79 Å². The molecule has 0 spiro atoms. The van der Waals surface area contributed by atoms with Crippen LogP contribution in [0.15, 0.2) is 17.1 Å². The van der Waals surface area contributed by atoms with E-state index in [-0.39, 0.29) is 11.9 Å². The van der Waals surface area contributed by atoms with Gasteiger partial charge in [0, 0.05) is 32.4 Å². The third-order valence-corrected chi connectivity index (χ3v) is 2.33. The summed E-state index contributed by atoms with van der Waals surface area (Å²) in [5.41, 5.74) is 0. The monoisotopic (exact) mass is 179 g/mol. The molecule has 13 heavy (non-hydrogen) atoms. The van der Waals surface area contributed by atoms with E-state index in [1.165, 1.54) is 0 Å². The van der Waals surface area contributed by atoms with Crippen LogP contribution in [0, 0.1) is 0 Å². The highest BCUT2D eigenvalue weighted by molar-refractivity contribution is 6.00. The Bertz CT molecular complexity index is 254. The van der Waals surface area contributed by atoms with Crippen LogP contribution in [0.3, 0.4) is 0 Å². The van der Waals surface area contributed by atoms with Crippen LogP contribution in [0.5, 0.6) is 0 Å². The second-order valence-corrected chi connectivity index (χ2v) is 3.22. The fraction of sp³-hybridized carbons (Fsp3) is 0.556. The van der Waals surface area contributed by atoms with Gasteiger partial charge in [0.25, 0.3) is 0 Å². The minimum Gasteiger partial charge on any atom is -0.314 e. The average Bonchev–Trinajstić information content (AvgIpc) is 2.20. The van der Waals surface area contributed by atoms with E-state index in [1.807, 2.05) is 0 Å². The van der Waals surface area contributed by atoms with E-state index in [2.05, 4.69) is 15.2 Å². The third-order valence-electron chi connectivity index (χ3n) is 2.33. The van der Waals surface area contributed by atoms with Gasteiger partial charge >= 0.3 is 0 Å². The summed E-state index contributed by atoms with van der Waals surface area (Å²) in [5, 5.41) is 3.25. The number of aliphatic imine (C=N–C) groups is 1. The summed E-state index contributed by atoms with van der Waals surface area (Å²) < 4.78 is 0. The first-order valence-electron chi connectivity index (χ1n) is 4.56. The summed E-state index contributed by atoms with van der Waals surface area (Å²) >= 11 is 0. The number of allylic oxidation sites excluding steroid dienone is 1. The van der Waals surface area contributed by atoms with Gasteiger partial charge in [-0.25, -0.2) is 0 Å². The summed E-state index contributed by atoms with van der Waals surface area (Å²) in [6, 6.07) is 0. The first-order chi connectivity index (χ1) is 6.38. The number of hydrogen-bond donors (Lipinski definition) is 1. The molecule has 0 amide bonds. The van der Waals surface area contributed by atoms with Crippen molar-refractivity contribution in [1.29, 1.82) is 0 Å². The molecule has 2 aliphatic rings. The predicted octanol–water partition coefficient (Wildman–Crippen LogP) is -0.573. The molecule has 0 aromatic heterocycles. The van der Waals surface area contributed by atoms with Crippen molar-refractivity contribution in [1.82, 2.24) is 10.2 Å². The topological polar surface area (TPSA) is 44.7 Å². The SMILES string of the molecule is O=C1C=CC=NC1N1CCNCC1. The summed E-state index contributed by atoms with van der Waals surface area (Å²) in [4.78, 5) is 17.7. The second-order valence-electron chi connectivity index (χ2n) is 3.22. The van der Waals surface area contributed by atoms with E-state index in [1.54, 1.807) is 18.4 Å². The minimum absolute atomic E-state index is 0.101. The lowest BCUT2D eigenvalue weighted by atomic mass is 10.2. The zero-order valence-electron chi connectivity index (χ0n) is 7.44. The zero-order valence-corrected chi connectivity index (χ0v) is 7.44. The summed E-state index contributed by atoms with van der Waals surface area (Å²) in [7, 11) is 0. The number of piperazine rings is 1. The lowest BCUT2D eigenvalue weighted by molar-refractivity contribution is -0.119. The largest absolute Gasteiger partial charge is 0.314 e. The van der Waals surface area contributed by atoms with E-state index in [4.69, 9.17) is 0 Å². The van der Waals surface area contributed by atoms with Gasteiger partial charge in [-0.15, -0.1) is 0 Å². The molecular weight excluding hydrogens is 166 g/mol. The number of nitrogens with zero attached hydrogens (tertiary/aromatic N) is 2. The molecule has 4 heteroatoms. The average molecular weight is 179 g/mol. The first-order valence-corrected chi connectivity index (χ1v) is 4.56. The smallest absolute Gasteiger partial charge is 0.194 e. The van der Waals surface area contributed by atoms with Crippen LogP contribution in [0.4, 0.5) is 0 Å². The summed E-state index contributed by atoms with van der Waals surface area (Å²) in [6.45, 7) is 3.70. The highest BCUT2D eigenvalue weighted by Crippen LogP contribution is 2.07. The zero-order chi connectivity index (χ0) is 9.10. The standard InChI is InChI=1S/C9H13N3O/c13-8-2-1-3-11-9(8)12-6-4-10-5-7-12/h1-3,9-10H,4-7H2. The normalized spacial score (nSPS) is 29.5. The van der Waals surface area contributed by atoms with Crippen LogP contribution >= 0.6 is 0 Å². The molecule has 0 aromatic rings. The van der Waals surface area contributed by atoms with Gasteiger partial charge in [0.15, 0.2) is 11.9 Å². The molecule has 0 saturated carbocycles. The van der Waals surface area contributed by atoms with Crippen LogP contribution in [0.2, 0.25) is 0 Å². The van der Waals surface area contributed by atoms with E-state index in [0.29, 0.717) is 0 Å². The third kappa shape index (κ3) is 1.84. The molecule has 4 nitrogen and oxygen atoms in total. The molecule has 1 atom stereocenters. The molecule has 0 aliphatic carbocycles. The Morgan fingerprint density at radius 3 is 2.92 bits per heavy atom. The molecule has 1 unspecified atom stereocenters. The fourth-order valence-corrected chi connectivity index (χ4v) is 1.63. The van der Waals surface area contributed by atoms with Crippen LogP contribution < -0.4 is 5.32 Å². The van der Waals surface area contributed by atoms with Gasteiger partial charge < -0.3 is 5.32 Å². The molecule has 2 heterocycles. The van der Waals surface area contributed by atoms with Crippen molar-refractivity contribution in [2.75, 3.05) is 26.2 Å². The molecule has 1 N–H and O–H groups in total. The van der Waals surface area contributed by atoms with Crippen molar-refractivity contribution in [3.8, 4) is 0 Å². The number of ketones is 1. The maximum absolute atomic E-state index is 11.4. The van der Waals surface area contributed by atoms with Gasteiger partial charge in [0.1, 0.15) is 0 Å². The Morgan fingerprint density at radius 2 is 2.23 bits per heavy atom. The van der Waals surface area contributed by atoms with Crippen molar-refractivity contribution in [2.45, 2.75) is 6.17 Å². The number of rotatable bonds is 1. The second kappa shape index (κ2) is 3.81. The van der Waals surface area contributed by atoms with E-state index < -0.39 is 0 Å². The van der Waals surface area contributed by atoms with Gasteiger partial charge in [0.2, 0.25) is 0 Å². The van der Waals surface area contributed by atoms with E-state index in [0.717, 1.165) is 26.2 Å². The Balaban J connectivity index is 2.02. The Kier molecular flexibility index (Phi) is 2.52. The molecule has 1 fully saturated rings. The van der Waals surface area contributed by atoms with Gasteiger partial charge in [0.05, 0.1) is 0 Å². The van der Waals surface area contributed by atoms with Crippen molar-refractivity contribution in [3.63, 3.8) is 0 Å². The van der Waals surface area contributed by atoms with Gasteiger partial charge in [-0.1, -0.05) is 0 Å². The molecule has 2 aliphatic heterocycles. The maximum atomic E-state index is 11.4. The maximum Gasteiger partial charge on any atom is 0.194 e. The van der Waals surface area contributed by atoms with Crippen molar-refractivity contribution in [3.05, 3.63) is 12.2 Å². The number of carbonyl (C=O) groups is 1. The van der Waals surface area contributed by atoms with Crippen molar-refractivity contribution < 1.29 is 4.79 Å². The van der Waals surface area contributed by atoms with E-state index >= 15 is 0 Å². The molecule has 0 bridgehead atoms. The summed E-state index contributed by atoms with van der Waals surface area (Å²) in [5.74, 6) is 0.101. The Morgan fingerprint density at radius 1 is 1.46 bits per heavy atom. The number of carbonyl (C=O) groups excluding carboxylic acids is 1. The molecular formula is C9H13N3O. The highest BCUT2D eigenvalue weighted by atomic mass is 16.1. The van der Waals surface area contributed by atoms with Gasteiger partial charge in [-0.05, 0) is 12.2 Å². The predicted molar refractivity (Wildman–Crippen MR) is 50.9 cm³/mol. The number of nitrogens with one attached hydrogen (secondary N) is 1.